The minimum absolute atomic E-state index is 0. The first-order chi connectivity index (χ1) is 4.18. The molecule has 0 saturated carbocycles. The Hall–Kier alpha value is 1.72. The number of rotatable bonds is 2. The van der Waals surface area contributed by atoms with Crippen LogP contribution in [0.4, 0.5) is 0 Å². The van der Waals surface area contributed by atoms with Gasteiger partial charge in [-0.25, -0.2) is 0 Å². The summed E-state index contributed by atoms with van der Waals surface area (Å²) in [5.74, 6) is -1.65. The van der Waals surface area contributed by atoms with Crippen LogP contribution < -0.4 is 69.3 Å². The maximum Gasteiger partial charge on any atom is 1.00 e. The molecule has 11 heavy (non-hydrogen) atoms. The van der Waals surface area contributed by atoms with Crippen molar-refractivity contribution in [3.8, 4) is 0 Å². The molecule has 0 heterocycles. The molecule has 0 amide bonds. The standard InChI is InChI=1S/C3H7O.C2H3ClO2.2Na/c1-2-3-4;3-1-2(4)5;;/h2-3H2,1H3;1H2,(H,4,5);;/q-1;;2*+1/p-1. The summed E-state index contributed by atoms with van der Waals surface area (Å²) in [6.45, 7) is 1.94. The van der Waals surface area contributed by atoms with Gasteiger partial charge < -0.3 is 15.0 Å². The van der Waals surface area contributed by atoms with Crippen LogP contribution in [0.3, 0.4) is 0 Å². The summed E-state index contributed by atoms with van der Waals surface area (Å²) in [4.78, 5) is 9.12. The van der Waals surface area contributed by atoms with E-state index < -0.39 is 11.8 Å². The maximum absolute atomic E-state index is 9.30. The number of halogens is 1. The van der Waals surface area contributed by atoms with Gasteiger partial charge in [0.05, 0.1) is 11.8 Å². The summed E-state index contributed by atoms with van der Waals surface area (Å²) in [7, 11) is 0. The van der Waals surface area contributed by atoms with Crippen molar-refractivity contribution < 1.29 is 74.1 Å². The van der Waals surface area contributed by atoms with Gasteiger partial charge in [-0.1, -0.05) is 13.3 Å². The summed E-state index contributed by atoms with van der Waals surface area (Å²) in [6, 6.07) is 0. The third-order valence-corrected chi connectivity index (χ3v) is 0.531. The van der Waals surface area contributed by atoms with Crippen LogP contribution in [0.2, 0.25) is 0 Å². The van der Waals surface area contributed by atoms with Gasteiger partial charge in [0.2, 0.25) is 0 Å². The van der Waals surface area contributed by atoms with Crippen molar-refractivity contribution in [1.29, 1.82) is 0 Å². The molecule has 0 rings (SSSR count). The van der Waals surface area contributed by atoms with Crippen molar-refractivity contribution in [2.24, 2.45) is 0 Å². The predicted molar refractivity (Wildman–Crippen MR) is 30.9 cm³/mol. The van der Waals surface area contributed by atoms with Gasteiger partial charge in [0.1, 0.15) is 0 Å². The van der Waals surface area contributed by atoms with E-state index in [0.29, 0.717) is 0 Å². The molecule has 0 aromatic rings. The minimum Gasteiger partial charge on any atom is -0.854 e. The van der Waals surface area contributed by atoms with Crippen LogP contribution in [0.1, 0.15) is 13.3 Å². The molecule has 0 unspecified atom stereocenters. The zero-order chi connectivity index (χ0) is 7.70. The van der Waals surface area contributed by atoms with E-state index in [1.54, 1.807) is 0 Å². The number of aliphatic carboxylic acids is 1. The van der Waals surface area contributed by atoms with E-state index >= 15 is 0 Å². The Morgan fingerprint density at radius 1 is 1.45 bits per heavy atom. The van der Waals surface area contributed by atoms with Crippen LogP contribution in [-0.2, 0) is 4.79 Å². The second-order valence-corrected chi connectivity index (χ2v) is 1.48. The SMILES string of the molecule is CCC[O-].O=C([O-])CCl.[Na+].[Na+]. The average molecular weight is 199 g/mol. The Kier molecular flexibility index (Phi) is 47.2. The van der Waals surface area contributed by atoms with Crippen LogP contribution in [0.25, 0.3) is 0 Å². The third-order valence-electron chi connectivity index (χ3n) is 0.313. The first kappa shape index (κ1) is 23.0. The number of alkyl halides is 1. The van der Waals surface area contributed by atoms with Gasteiger partial charge in [0.25, 0.3) is 0 Å². The van der Waals surface area contributed by atoms with Gasteiger partial charge in [-0.2, -0.15) is 0 Å². The number of carbonyl (C=O) groups is 1. The Bertz CT molecular complexity index is 70.7. The second kappa shape index (κ2) is 22.6. The molecule has 0 aromatic heterocycles. The Morgan fingerprint density at radius 2 is 1.64 bits per heavy atom. The van der Waals surface area contributed by atoms with E-state index in [4.69, 9.17) is 9.90 Å². The van der Waals surface area contributed by atoms with Crippen molar-refractivity contribution in [2.75, 3.05) is 12.5 Å². The molecule has 0 saturated heterocycles. The third kappa shape index (κ3) is 49.7. The molecule has 0 aliphatic rings. The van der Waals surface area contributed by atoms with Crippen LogP contribution in [-0.4, -0.2) is 18.5 Å². The van der Waals surface area contributed by atoms with Crippen LogP contribution in [0.5, 0.6) is 0 Å². The summed E-state index contributed by atoms with van der Waals surface area (Å²) in [5.41, 5.74) is 0. The molecule has 0 atom stereocenters. The number of hydrogen-bond acceptors (Lipinski definition) is 3. The van der Waals surface area contributed by atoms with Crippen LogP contribution >= 0.6 is 11.6 Å². The number of hydrogen-bond donors (Lipinski definition) is 0. The Labute approximate surface area is 116 Å². The van der Waals surface area contributed by atoms with Crippen molar-refractivity contribution in [1.82, 2.24) is 0 Å². The summed E-state index contributed by atoms with van der Waals surface area (Å²) < 4.78 is 0. The monoisotopic (exact) mass is 198 g/mol. The first-order valence-corrected chi connectivity index (χ1v) is 3.06. The van der Waals surface area contributed by atoms with E-state index in [9.17, 15) is 5.11 Å². The Morgan fingerprint density at radius 3 is 1.64 bits per heavy atom. The largest absolute Gasteiger partial charge is 1.00 e. The zero-order valence-electron chi connectivity index (χ0n) is 7.22. The zero-order valence-corrected chi connectivity index (χ0v) is 12.0. The topological polar surface area (TPSA) is 63.2 Å². The van der Waals surface area contributed by atoms with E-state index in [2.05, 4.69) is 11.6 Å². The smallest absolute Gasteiger partial charge is 0.854 e. The molecule has 0 aliphatic carbocycles. The molecule has 3 nitrogen and oxygen atoms in total. The van der Waals surface area contributed by atoms with Gasteiger partial charge in [-0.15, -0.1) is 18.2 Å². The predicted octanol–water partition coefficient (Wildman–Crippen LogP) is -7.26. The van der Waals surface area contributed by atoms with Crippen molar-refractivity contribution in [2.45, 2.75) is 13.3 Å². The number of carboxylic acid groups (broad SMARTS) is 1. The van der Waals surface area contributed by atoms with Crippen LogP contribution in [0.15, 0.2) is 0 Å². The summed E-state index contributed by atoms with van der Waals surface area (Å²) >= 11 is 4.67. The van der Waals surface area contributed by atoms with Gasteiger partial charge in [-0.05, 0) is 0 Å². The van der Waals surface area contributed by atoms with E-state index in [1.165, 1.54) is 0 Å². The molecule has 0 aromatic carbocycles. The summed E-state index contributed by atoms with van der Waals surface area (Å²) in [6.07, 6.45) is 0.764. The Balaban J connectivity index is -0.0000000383. The van der Waals surface area contributed by atoms with E-state index in [1.807, 2.05) is 6.92 Å². The fourth-order valence-electron chi connectivity index (χ4n) is 0. The van der Waals surface area contributed by atoms with Crippen LogP contribution in [0, 0.1) is 0 Å². The van der Waals surface area contributed by atoms with Gasteiger partial charge >= 0.3 is 59.1 Å². The van der Waals surface area contributed by atoms with Crippen molar-refractivity contribution in [3.63, 3.8) is 0 Å². The van der Waals surface area contributed by atoms with Gasteiger partial charge in [0.15, 0.2) is 0 Å². The molecule has 0 fully saturated rings. The van der Waals surface area contributed by atoms with Gasteiger partial charge in [-0.3, -0.25) is 0 Å². The molecule has 0 aliphatic heterocycles. The molecular weight excluding hydrogens is 189 g/mol. The normalized spacial score (nSPS) is 6.09. The maximum atomic E-state index is 9.30. The fraction of sp³-hybridized carbons (Fsp3) is 0.800. The number of carbonyl (C=O) groups excluding carboxylic acids is 1. The van der Waals surface area contributed by atoms with E-state index in [0.717, 1.165) is 6.42 Å². The second-order valence-electron chi connectivity index (χ2n) is 1.21. The molecule has 0 spiro atoms. The van der Waals surface area contributed by atoms with E-state index in [-0.39, 0.29) is 65.7 Å². The quantitative estimate of drug-likeness (QED) is 0.327. The van der Waals surface area contributed by atoms with Crippen molar-refractivity contribution >= 4 is 17.6 Å². The van der Waals surface area contributed by atoms with Gasteiger partial charge in [0, 0.05) is 0 Å². The fourth-order valence-corrected chi connectivity index (χ4v) is 0. The van der Waals surface area contributed by atoms with Crippen molar-refractivity contribution in [3.05, 3.63) is 0 Å². The molecule has 6 heteroatoms. The molecule has 0 radical (unpaired) electrons. The molecular formula is C5H9ClNa2O3. The average Bonchev–Trinajstić information content (AvgIpc) is 1.89. The minimum atomic E-state index is -1.23. The number of carboxylic acids is 1. The first-order valence-electron chi connectivity index (χ1n) is 2.52. The molecule has 0 N–H and O–H groups in total. The molecule has 0 bridgehead atoms. The summed E-state index contributed by atoms with van der Waals surface area (Å²) in [5, 5.41) is 18.4. The molecule has 56 valence electrons.